The van der Waals surface area contributed by atoms with Crippen molar-refractivity contribution < 1.29 is 4.79 Å². The van der Waals surface area contributed by atoms with Crippen LogP contribution >= 0.6 is 0 Å². The van der Waals surface area contributed by atoms with Gasteiger partial charge in [-0.15, -0.1) is 5.10 Å². The lowest BCUT2D eigenvalue weighted by Crippen LogP contribution is -2.27. The van der Waals surface area contributed by atoms with Gasteiger partial charge in [0.25, 0.3) is 5.91 Å². The summed E-state index contributed by atoms with van der Waals surface area (Å²) in [7, 11) is 1.79. The second-order valence-electron chi connectivity index (χ2n) is 4.99. The third-order valence-electron chi connectivity index (χ3n) is 3.05. The van der Waals surface area contributed by atoms with E-state index in [2.05, 4.69) is 25.9 Å². The van der Waals surface area contributed by atoms with Gasteiger partial charge >= 0.3 is 0 Å². The Morgan fingerprint density at radius 1 is 1.38 bits per heavy atom. The number of amides is 1. The average molecular weight is 288 g/mol. The molecule has 7 nitrogen and oxygen atoms in total. The lowest BCUT2D eigenvalue weighted by Gasteiger charge is -2.11. The lowest BCUT2D eigenvalue weighted by atomic mass is 10.1. The molecule has 0 bridgehead atoms. The van der Waals surface area contributed by atoms with Crippen molar-refractivity contribution in [1.29, 1.82) is 0 Å². The van der Waals surface area contributed by atoms with E-state index in [0.29, 0.717) is 24.5 Å². The first-order chi connectivity index (χ1) is 10.1. The lowest BCUT2D eigenvalue weighted by molar-refractivity contribution is 0.0951. The van der Waals surface area contributed by atoms with E-state index in [1.807, 2.05) is 19.9 Å². The quantitative estimate of drug-likeness (QED) is 0.836. The number of rotatable bonds is 6. The highest BCUT2D eigenvalue weighted by Gasteiger charge is 2.11. The zero-order valence-corrected chi connectivity index (χ0v) is 12.5. The summed E-state index contributed by atoms with van der Waals surface area (Å²) in [5, 5.41) is 13.4. The fourth-order valence-electron chi connectivity index (χ4n) is 1.84. The first-order valence-corrected chi connectivity index (χ1v) is 6.92. The monoisotopic (exact) mass is 288 g/mol. The standard InChI is InChI=1S/C14H20N6O/c1-10(2)12-8-11(9-13(15-3)18-12)14(21)16-4-6-20-7-5-17-19-20/h5,7-10H,4,6H2,1-3H3,(H,15,18)(H,16,21). The van der Waals surface area contributed by atoms with Crippen molar-refractivity contribution in [2.24, 2.45) is 0 Å². The number of anilines is 1. The van der Waals surface area contributed by atoms with Gasteiger partial charge in [0.05, 0.1) is 12.7 Å². The minimum atomic E-state index is -0.115. The van der Waals surface area contributed by atoms with Gasteiger partial charge in [0.2, 0.25) is 0 Å². The maximum Gasteiger partial charge on any atom is 0.251 e. The maximum atomic E-state index is 12.2. The van der Waals surface area contributed by atoms with Gasteiger partial charge < -0.3 is 10.6 Å². The number of pyridine rings is 1. The van der Waals surface area contributed by atoms with Crippen LogP contribution in [0, 0.1) is 0 Å². The summed E-state index contributed by atoms with van der Waals surface area (Å²) in [5.74, 6) is 0.846. The van der Waals surface area contributed by atoms with Gasteiger partial charge in [-0.25, -0.2) is 4.98 Å². The van der Waals surface area contributed by atoms with Crippen molar-refractivity contribution in [3.05, 3.63) is 35.8 Å². The summed E-state index contributed by atoms with van der Waals surface area (Å²) in [4.78, 5) is 16.6. The van der Waals surface area contributed by atoms with Crippen LogP contribution < -0.4 is 10.6 Å². The van der Waals surface area contributed by atoms with Crippen molar-refractivity contribution in [2.45, 2.75) is 26.3 Å². The van der Waals surface area contributed by atoms with E-state index in [4.69, 9.17) is 0 Å². The van der Waals surface area contributed by atoms with E-state index in [0.717, 1.165) is 5.69 Å². The minimum absolute atomic E-state index is 0.115. The number of aromatic nitrogens is 4. The Hall–Kier alpha value is -2.44. The Morgan fingerprint density at radius 2 is 2.19 bits per heavy atom. The van der Waals surface area contributed by atoms with Gasteiger partial charge in [0.15, 0.2) is 0 Å². The molecule has 21 heavy (non-hydrogen) atoms. The maximum absolute atomic E-state index is 12.2. The largest absolute Gasteiger partial charge is 0.373 e. The number of nitrogens with zero attached hydrogens (tertiary/aromatic N) is 4. The van der Waals surface area contributed by atoms with Crippen LogP contribution in [-0.4, -0.2) is 39.5 Å². The summed E-state index contributed by atoms with van der Waals surface area (Å²) in [5.41, 5.74) is 1.50. The molecule has 0 atom stereocenters. The first kappa shape index (κ1) is 15.0. The molecule has 0 aliphatic carbocycles. The zero-order chi connectivity index (χ0) is 15.2. The highest BCUT2D eigenvalue weighted by molar-refractivity contribution is 5.95. The van der Waals surface area contributed by atoms with Crippen LogP contribution in [0.5, 0.6) is 0 Å². The SMILES string of the molecule is CNc1cc(C(=O)NCCn2ccnn2)cc(C(C)C)n1. The number of nitrogens with one attached hydrogen (secondary N) is 2. The summed E-state index contributed by atoms with van der Waals surface area (Å²) < 4.78 is 1.67. The Kier molecular flexibility index (Phi) is 4.86. The Balaban J connectivity index is 2.02. The third-order valence-corrected chi connectivity index (χ3v) is 3.05. The van der Waals surface area contributed by atoms with Gasteiger partial charge in [0, 0.05) is 31.0 Å². The van der Waals surface area contributed by atoms with E-state index < -0.39 is 0 Å². The average Bonchev–Trinajstić information content (AvgIpc) is 2.99. The zero-order valence-electron chi connectivity index (χ0n) is 12.5. The van der Waals surface area contributed by atoms with E-state index in [1.165, 1.54) is 0 Å². The van der Waals surface area contributed by atoms with Crippen LogP contribution in [0.2, 0.25) is 0 Å². The molecule has 0 aromatic carbocycles. The molecule has 2 rings (SSSR count). The van der Waals surface area contributed by atoms with E-state index in [9.17, 15) is 4.79 Å². The minimum Gasteiger partial charge on any atom is -0.373 e. The van der Waals surface area contributed by atoms with Crippen LogP contribution in [0.25, 0.3) is 0 Å². The van der Waals surface area contributed by atoms with Crippen LogP contribution in [0.3, 0.4) is 0 Å². The topological polar surface area (TPSA) is 84.7 Å². The Labute approximate surface area is 123 Å². The van der Waals surface area contributed by atoms with Crippen molar-refractivity contribution >= 4 is 11.7 Å². The van der Waals surface area contributed by atoms with Crippen molar-refractivity contribution in [3.8, 4) is 0 Å². The molecule has 7 heteroatoms. The van der Waals surface area contributed by atoms with E-state index in [1.54, 1.807) is 30.2 Å². The fourth-order valence-corrected chi connectivity index (χ4v) is 1.84. The third kappa shape index (κ3) is 4.01. The van der Waals surface area contributed by atoms with Gasteiger partial charge in [0.1, 0.15) is 5.82 Å². The Bertz CT molecular complexity index is 594. The summed E-state index contributed by atoms with van der Waals surface area (Å²) in [6.07, 6.45) is 3.37. The van der Waals surface area contributed by atoms with Gasteiger partial charge in [-0.3, -0.25) is 9.48 Å². The van der Waals surface area contributed by atoms with Gasteiger partial charge in [-0.1, -0.05) is 19.1 Å². The molecule has 112 valence electrons. The van der Waals surface area contributed by atoms with Crippen LogP contribution in [0.15, 0.2) is 24.5 Å². The molecule has 2 N–H and O–H groups in total. The molecule has 0 aliphatic heterocycles. The molecule has 1 amide bonds. The molecule has 0 unspecified atom stereocenters. The summed E-state index contributed by atoms with van der Waals surface area (Å²) >= 11 is 0. The molecular weight excluding hydrogens is 268 g/mol. The molecule has 2 heterocycles. The smallest absolute Gasteiger partial charge is 0.251 e. The van der Waals surface area contributed by atoms with Gasteiger partial charge in [-0.2, -0.15) is 0 Å². The molecule has 2 aromatic rings. The molecule has 0 fully saturated rings. The number of carbonyl (C=O) groups excluding carboxylic acids is 1. The molecule has 0 spiro atoms. The number of carbonyl (C=O) groups is 1. The Morgan fingerprint density at radius 3 is 2.81 bits per heavy atom. The van der Waals surface area contributed by atoms with Crippen molar-refractivity contribution in [3.63, 3.8) is 0 Å². The second kappa shape index (κ2) is 6.83. The fraction of sp³-hybridized carbons (Fsp3) is 0.429. The normalized spacial score (nSPS) is 10.7. The summed E-state index contributed by atoms with van der Waals surface area (Å²) in [6.45, 7) is 5.19. The van der Waals surface area contributed by atoms with Crippen molar-refractivity contribution in [2.75, 3.05) is 18.9 Å². The van der Waals surface area contributed by atoms with Crippen LogP contribution in [0.1, 0.15) is 35.8 Å². The van der Waals surface area contributed by atoms with E-state index >= 15 is 0 Å². The highest BCUT2D eigenvalue weighted by atomic mass is 16.1. The molecule has 2 aromatic heterocycles. The predicted octanol–water partition coefficient (Wildman–Crippen LogP) is 1.27. The molecule has 0 aliphatic rings. The molecule has 0 saturated carbocycles. The summed E-state index contributed by atoms with van der Waals surface area (Å²) in [6, 6.07) is 3.58. The molecule has 0 radical (unpaired) electrons. The molecule has 0 saturated heterocycles. The first-order valence-electron chi connectivity index (χ1n) is 6.92. The van der Waals surface area contributed by atoms with Gasteiger partial charge in [-0.05, 0) is 18.1 Å². The molecular formula is C14H20N6O. The van der Waals surface area contributed by atoms with Crippen molar-refractivity contribution in [1.82, 2.24) is 25.3 Å². The number of hydrogen-bond acceptors (Lipinski definition) is 5. The van der Waals surface area contributed by atoms with Crippen LogP contribution in [-0.2, 0) is 6.54 Å². The second-order valence-corrected chi connectivity index (χ2v) is 4.99. The number of hydrogen-bond donors (Lipinski definition) is 2. The van der Waals surface area contributed by atoms with Crippen LogP contribution in [0.4, 0.5) is 5.82 Å². The highest BCUT2D eigenvalue weighted by Crippen LogP contribution is 2.17. The predicted molar refractivity (Wildman–Crippen MR) is 80.2 cm³/mol. The van der Waals surface area contributed by atoms with E-state index in [-0.39, 0.29) is 11.8 Å².